The van der Waals surface area contributed by atoms with Gasteiger partial charge in [-0.3, -0.25) is 9.78 Å². The summed E-state index contributed by atoms with van der Waals surface area (Å²) in [5.41, 5.74) is 8.20. The average Bonchev–Trinajstić information content (AvgIpc) is 3.10. The highest BCUT2D eigenvalue weighted by atomic mass is 32.1. The van der Waals surface area contributed by atoms with Gasteiger partial charge in [-0.15, -0.1) is 11.3 Å². The largest absolute Gasteiger partial charge is 0.289 e. The summed E-state index contributed by atoms with van der Waals surface area (Å²) >= 11 is 1.57. The molecule has 1 aliphatic carbocycles. The number of aryl methyl sites for hydroxylation is 2. The van der Waals surface area contributed by atoms with Gasteiger partial charge in [0, 0.05) is 34.7 Å². The molecular formula is C19H14N2OS. The van der Waals surface area contributed by atoms with E-state index >= 15 is 0 Å². The quantitative estimate of drug-likeness (QED) is 0.707. The number of hydrogen-bond acceptors (Lipinski definition) is 4. The van der Waals surface area contributed by atoms with Crippen LogP contribution in [0.25, 0.3) is 11.1 Å². The first-order valence-electron chi connectivity index (χ1n) is 7.37. The summed E-state index contributed by atoms with van der Waals surface area (Å²) in [5.74, 6) is 0.0690. The van der Waals surface area contributed by atoms with Crippen molar-refractivity contribution in [2.75, 3.05) is 0 Å². The highest BCUT2D eigenvalue weighted by Crippen LogP contribution is 2.44. The van der Waals surface area contributed by atoms with Gasteiger partial charge in [-0.1, -0.05) is 23.8 Å². The molecule has 0 radical (unpaired) electrons. The maximum Gasteiger partial charge on any atom is 0.194 e. The number of carbonyl (C=O) groups excluding carboxylic acids is 1. The molecule has 0 N–H and O–H groups in total. The number of nitrogens with zero attached hydrogens (tertiary/aromatic N) is 2. The van der Waals surface area contributed by atoms with E-state index in [1.165, 1.54) is 0 Å². The fourth-order valence-corrected chi connectivity index (χ4v) is 3.88. The molecule has 4 heteroatoms. The molecular weight excluding hydrogens is 304 g/mol. The zero-order chi connectivity index (χ0) is 16.0. The molecule has 4 rings (SSSR count). The Bertz CT molecular complexity index is 955. The van der Waals surface area contributed by atoms with Gasteiger partial charge < -0.3 is 0 Å². The van der Waals surface area contributed by atoms with E-state index in [0.29, 0.717) is 0 Å². The zero-order valence-corrected chi connectivity index (χ0v) is 13.6. The molecule has 0 saturated carbocycles. The van der Waals surface area contributed by atoms with E-state index in [4.69, 9.17) is 0 Å². The molecule has 1 aliphatic rings. The molecule has 2 aromatic heterocycles. The lowest BCUT2D eigenvalue weighted by Gasteiger charge is -2.07. The Hall–Kier alpha value is -2.59. The van der Waals surface area contributed by atoms with Gasteiger partial charge in [0.1, 0.15) is 0 Å². The lowest BCUT2D eigenvalue weighted by molar-refractivity contribution is 0.105. The monoisotopic (exact) mass is 318 g/mol. The van der Waals surface area contributed by atoms with Crippen LogP contribution < -0.4 is 0 Å². The third-order valence-electron chi connectivity index (χ3n) is 4.09. The van der Waals surface area contributed by atoms with Crippen LogP contribution in [0.1, 0.15) is 37.6 Å². The minimum Gasteiger partial charge on any atom is -0.289 e. The number of aromatic nitrogens is 2. The van der Waals surface area contributed by atoms with E-state index in [1.807, 2.05) is 43.6 Å². The van der Waals surface area contributed by atoms with Crippen molar-refractivity contribution in [3.05, 3.63) is 81.1 Å². The second kappa shape index (κ2) is 5.25. The van der Waals surface area contributed by atoms with Crippen LogP contribution in [0.2, 0.25) is 0 Å². The highest BCUT2D eigenvalue weighted by molar-refractivity contribution is 7.11. The highest BCUT2D eigenvalue weighted by Gasteiger charge is 2.32. The molecule has 0 aliphatic heterocycles. The number of Topliss-reactive ketones (excluding diaryl/α,β-unsaturated/α-hetero) is 1. The van der Waals surface area contributed by atoms with Gasteiger partial charge in [0.15, 0.2) is 5.78 Å². The van der Waals surface area contributed by atoms with Gasteiger partial charge in [-0.2, -0.15) is 0 Å². The van der Waals surface area contributed by atoms with Crippen LogP contribution >= 0.6 is 11.3 Å². The van der Waals surface area contributed by atoms with Crippen molar-refractivity contribution in [2.24, 2.45) is 0 Å². The molecule has 0 fully saturated rings. The van der Waals surface area contributed by atoms with E-state index < -0.39 is 0 Å². The standard InChI is InChI=1S/C19H14N2OS/c1-11-5-6-14-15(8-11)18(22)16(13-4-3-7-20-9-13)17(14)19-12(2)21-10-23-19/h3-10H,1-2H3. The van der Waals surface area contributed by atoms with Crippen molar-refractivity contribution in [3.63, 3.8) is 0 Å². The smallest absolute Gasteiger partial charge is 0.194 e. The molecule has 0 bridgehead atoms. The van der Waals surface area contributed by atoms with Crippen molar-refractivity contribution in [1.82, 2.24) is 9.97 Å². The summed E-state index contributed by atoms with van der Waals surface area (Å²) in [6.07, 6.45) is 3.47. The Balaban J connectivity index is 2.06. The number of thiazole rings is 1. The maximum atomic E-state index is 13.1. The third kappa shape index (κ3) is 2.14. The van der Waals surface area contributed by atoms with Gasteiger partial charge in [0.25, 0.3) is 0 Å². The van der Waals surface area contributed by atoms with E-state index in [9.17, 15) is 4.79 Å². The SMILES string of the molecule is Cc1ccc2c(c1)C(=O)C(c1cccnc1)=C2c1scnc1C. The number of pyridine rings is 1. The second-order valence-corrected chi connectivity index (χ2v) is 6.49. The van der Waals surface area contributed by atoms with E-state index in [-0.39, 0.29) is 5.78 Å². The van der Waals surface area contributed by atoms with Crippen molar-refractivity contribution in [1.29, 1.82) is 0 Å². The van der Waals surface area contributed by atoms with E-state index in [0.717, 1.165) is 44.0 Å². The summed E-state index contributed by atoms with van der Waals surface area (Å²) < 4.78 is 0. The molecule has 112 valence electrons. The first kappa shape index (κ1) is 14.0. The number of fused-ring (bicyclic) bond motifs is 1. The molecule has 3 aromatic rings. The molecule has 0 amide bonds. The van der Waals surface area contributed by atoms with Crippen LogP contribution in [0, 0.1) is 13.8 Å². The van der Waals surface area contributed by atoms with E-state index in [1.54, 1.807) is 23.7 Å². The number of allylic oxidation sites excluding steroid dienone is 1. The minimum atomic E-state index is 0.0690. The Morgan fingerprint density at radius 3 is 2.61 bits per heavy atom. The Labute approximate surface area is 138 Å². The fourth-order valence-electron chi connectivity index (χ4n) is 3.01. The summed E-state index contributed by atoms with van der Waals surface area (Å²) in [7, 11) is 0. The summed E-state index contributed by atoms with van der Waals surface area (Å²) in [6.45, 7) is 3.99. The number of carbonyl (C=O) groups is 1. The maximum absolute atomic E-state index is 13.1. The number of hydrogen-bond donors (Lipinski definition) is 0. The predicted octanol–water partition coefficient (Wildman–Crippen LogP) is 4.31. The third-order valence-corrected chi connectivity index (χ3v) is 5.03. The van der Waals surface area contributed by atoms with Crippen LogP contribution in [0.15, 0.2) is 48.2 Å². The predicted molar refractivity (Wildman–Crippen MR) is 92.5 cm³/mol. The summed E-state index contributed by atoms with van der Waals surface area (Å²) in [4.78, 5) is 22.7. The Morgan fingerprint density at radius 1 is 1.04 bits per heavy atom. The normalized spacial score (nSPS) is 13.6. The van der Waals surface area contributed by atoms with Gasteiger partial charge in [-0.25, -0.2) is 4.98 Å². The first-order valence-corrected chi connectivity index (χ1v) is 8.25. The Morgan fingerprint density at radius 2 is 1.91 bits per heavy atom. The van der Waals surface area contributed by atoms with Crippen LogP contribution in [0.4, 0.5) is 0 Å². The molecule has 3 nitrogen and oxygen atoms in total. The summed E-state index contributed by atoms with van der Waals surface area (Å²) in [5, 5.41) is 0. The first-order chi connectivity index (χ1) is 11.2. The van der Waals surface area contributed by atoms with Crippen LogP contribution in [0.5, 0.6) is 0 Å². The molecule has 2 heterocycles. The van der Waals surface area contributed by atoms with Crippen molar-refractivity contribution < 1.29 is 4.79 Å². The van der Waals surface area contributed by atoms with Gasteiger partial charge in [0.2, 0.25) is 0 Å². The zero-order valence-electron chi connectivity index (χ0n) is 12.8. The average molecular weight is 318 g/mol. The Kier molecular flexibility index (Phi) is 3.20. The number of benzene rings is 1. The fraction of sp³-hybridized carbons (Fsp3) is 0.105. The number of rotatable bonds is 2. The van der Waals surface area contributed by atoms with Gasteiger partial charge >= 0.3 is 0 Å². The molecule has 0 spiro atoms. The van der Waals surface area contributed by atoms with Crippen molar-refractivity contribution in [3.8, 4) is 0 Å². The van der Waals surface area contributed by atoms with Crippen LogP contribution in [0.3, 0.4) is 0 Å². The van der Waals surface area contributed by atoms with Gasteiger partial charge in [0.05, 0.1) is 16.1 Å². The topological polar surface area (TPSA) is 42.9 Å². The molecule has 0 saturated heterocycles. The number of ketones is 1. The van der Waals surface area contributed by atoms with E-state index in [2.05, 4.69) is 16.0 Å². The van der Waals surface area contributed by atoms with Gasteiger partial charge in [-0.05, 0) is 31.5 Å². The van der Waals surface area contributed by atoms with Crippen LogP contribution in [-0.2, 0) is 0 Å². The minimum absolute atomic E-state index is 0.0690. The summed E-state index contributed by atoms with van der Waals surface area (Å²) in [6, 6.07) is 9.86. The molecule has 23 heavy (non-hydrogen) atoms. The second-order valence-electron chi connectivity index (χ2n) is 5.64. The lowest BCUT2D eigenvalue weighted by atomic mass is 9.99. The molecule has 1 aromatic carbocycles. The van der Waals surface area contributed by atoms with Crippen LogP contribution in [-0.4, -0.2) is 15.8 Å². The molecule has 0 unspecified atom stereocenters. The lowest BCUT2D eigenvalue weighted by Crippen LogP contribution is -1.99. The van der Waals surface area contributed by atoms with Crippen molar-refractivity contribution in [2.45, 2.75) is 13.8 Å². The van der Waals surface area contributed by atoms with Crippen molar-refractivity contribution >= 4 is 28.3 Å². The molecule has 0 atom stereocenters.